The molecule has 0 N–H and O–H groups in total. The summed E-state index contributed by atoms with van der Waals surface area (Å²) in [6.07, 6.45) is 6.38. The molecule has 0 heterocycles. The molecule has 1 aliphatic rings. The van der Waals surface area contributed by atoms with E-state index in [-0.39, 0.29) is 17.7 Å². The van der Waals surface area contributed by atoms with E-state index >= 15 is 0 Å². The maximum absolute atomic E-state index is 11.3. The van der Waals surface area contributed by atoms with Crippen LogP contribution in [-0.2, 0) is 5.54 Å². The predicted molar refractivity (Wildman–Crippen MR) is 64.7 cm³/mol. The summed E-state index contributed by atoms with van der Waals surface area (Å²) in [6.45, 7) is 0. The highest BCUT2D eigenvalue weighted by atomic mass is 16.6. The van der Waals surface area contributed by atoms with E-state index in [0.29, 0.717) is 0 Å². The Morgan fingerprint density at radius 2 is 1.83 bits per heavy atom. The first-order chi connectivity index (χ1) is 8.58. The third kappa shape index (κ3) is 1.77. The van der Waals surface area contributed by atoms with E-state index in [1.165, 1.54) is 24.3 Å². The van der Waals surface area contributed by atoms with Gasteiger partial charge in [-0.25, -0.2) is 0 Å². The van der Waals surface area contributed by atoms with Gasteiger partial charge in [0.2, 0.25) is 0 Å². The van der Waals surface area contributed by atoms with Gasteiger partial charge in [0.25, 0.3) is 11.2 Å². The van der Waals surface area contributed by atoms with Crippen LogP contribution in [0.4, 0.5) is 5.69 Å². The standard InChI is InChI=1S/C12H10N2O4/c15-13(16)11-7-3-2-6-10(11)12(14(17)18)8-4-1-5-9-12/h1-8H,9H2. The minimum Gasteiger partial charge on any atom is -0.263 e. The summed E-state index contributed by atoms with van der Waals surface area (Å²) >= 11 is 0. The normalized spacial score (nSPS) is 21.8. The molecule has 1 atom stereocenters. The van der Waals surface area contributed by atoms with E-state index in [1.54, 1.807) is 24.3 Å². The molecule has 1 aromatic carbocycles. The van der Waals surface area contributed by atoms with Crippen LogP contribution in [-0.4, -0.2) is 9.85 Å². The summed E-state index contributed by atoms with van der Waals surface area (Å²) in [5.74, 6) is 0. The second-order valence-electron chi connectivity index (χ2n) is 3.95. The molecule has 0 aliphatic heterocycles. The van der Waals surface area contributed by atoms with Crippen molar-refractivity contribution < 1.29 is 9.85 Å². The largest absolute Gasteiger partial charge is 0.280 e. The number of benzene rings is 1. The molecule has 0 bridgehead atoms. The summed E-state index contributed by atoms with van der Waals surface area (Å²) in [6, 6.07) is 5.79. The fourth-order valence-electron chi connectivity index (χ4n) is 2.04. The lowest BCUT2D eigenvalue weighted by Gasteiger charge is -2.22. The molecule has 0 radical (unpaired) electrons. The van der Waals surface area contributed by atoms with Crippen LogP contribution in [0.5, 0.6) is 0 Å². The van der Waals surface area contributed by atoms with Crippen molar-refractivity contribution in [2.24, 2.45) is 0 Å². The number of hydrogen-bond donors (Lipinski definition) is 0. The Morgan fingerprint density at radius 3 is 2.39 bits per heavy atom. The van der Waals surface area contributed by atoms with E-state index in [0.717, 1.165) is 0 Å². The number of nitro benzene ring substituents is 1. The molecule has 2 rings (SSSR count). The Bertz CT molecular complexity index is 565. The number of para-hydroxylation sites is 1. The molecule has 0 fully saturated rings. The Hall–Kier alpha value is -2.50. The molecule has 0 saturated heterocycles. The van der Waals surface area contributed by atoms with Crippen molar-refractivity contribution in [3.8, 4) is 0 Å². The highest BCUT2D eigenvalue weighted by Crippen LogP contribution is 2.38. The maximum atomic E-state index is 11.3. The van der Waals surface area contributed by atoms with E-state index < -0.39 is 15.4 Å². The minimum atomic E-state index is -1.54. The second kappa shape index (κ2) is 4.40. The van der Waals surface area contributed by atoms with Crippen molar-refractivity contribution in [3.05, 3.63) is 74.4 Å². The minimum absolute atomic E-state index is 0.112. The van der Waals surface area contributed by atoms with Crippen molar-refractivity contribution >= 4 is 5.69 Å². The lowest BCUT2D eigenvalue weighted by molar-refractivity contribution is -0.564. The fraction of sp³-hybridized carbons (Fsp3) is 0.167. The van der Waals surface area contributed by atoms with Crippen molar-refractivity contribution in [3.63, 3.8) is 0 Å². The molecule has 0 saturated carbocycles. The monoisotopic (exact) mass is 246 g/mol. The predicted octanol–water partition coefficient (Wildman–Crippen LogP) is 2.58. The smallest absolute Gasteiger partial charge is 0.263 e. The van der Waals surface area contributed by atoms with Crippen LogP contribution in [0.25, 0.3) is 0 Å². The average molecular weight is 246 g/mol. The number of rotatable bonds is 3. The van der Waals surface area contributed by atoms with Gasteiger partial charge in [-0.05, 0) is 12.1 Å². The first-order valence-corrected chi connectivity index (χ1v) is 5.31. The number of allylic oxidation sites excluding steroid dienone is 2. The van der Waals surface area contributed by atoms with Gasteiger partial charge in [0.15, 0.2) is 0 Å². The first-order valence-electron chi connectivity index (χ1n) is 5.31. The molecular weight excluding hydrogens is 236 g/mol. The van der Waals surface area contributed by atoms with Gasteiger partial charge in [0, 0.05) is 17.4 Å². The molecule has 18 heavy (non-hydrogen) atoms. The lowest BCUT2D eigenvalue weighted by atomic mass is 9.83. The molecule has 1 aromatic rings. The van der Waals surface area contributed by atoms with E-state index in [4.69, 9.17) is 0 Å². The third-order valence-corrected chi connectivity index (χ3v) is 2.94. The van der Waals surface area contributed by atoms with Crippen molar-refractivity contribution in [1.82, 2.24) is 0 Å². The second-order valence-corrected chi connectivity index (χ2v) is 3.95. The van der Waals surface area contributed by atoms with Gasteiger partial charge in [-0.2, -0.15) is 0 Å². The summed E-state index contributed by atoms with van der Waals surface area (Å²) < 4.78 is 0. The first kappa shape index (κ1) is 12.0. The molecule has 6 heteroatoms. The van der Waals surface area contributed by atoms with Gasteiger partial charge < -0.3 is 0 Å². The van der Waals surface area contributed by atoms with Crippen molar-refractivity contribution in [2.45, 2.75) is 12.0 Å². The summed E-state index contributed by atoms with van der Waals surface area (Å²) in [5, 5.41) is 22.3. The van der Waals surface area contributed by atoms with Crippen LogP contribution in [0, 0.1) is 20.2 Å². The molecule has 0 aromatic heterocycles. The zero-order valence-corrected chi connectivity index (χ0v) is 9.35. The summed E-state index contributed by atoms with van der Waals surface area (Å²) in [7, 11) is 0. The Labute approximate surface area is 103 Å². The quantitative estimate of drug-likeness (QED) is 0.605. The maximum Gasteiger partial charge on any atom is 0.280 e. The highest BCUT2D eigenvalue weighted by Gasteiger charge is 2.46. The molecular formula is C12H10N2O4. The van der Waals surface area contributed by atoms with Crippen LogP contribution >= 0.6 is 0 Å². The van der Waals surface area contributed by atoms with Gasteiger partial charge in [-0.1, -0.05) is 30.4 Å². The van der Waals surface area contributed by atoms with Gasteiger partial charge in [0.05, 0.1) is 4.92 Å². The molecule has 0 spiro atoms. The lowest BCUT2D eigenvalue weighted by Crippen LogP contribution is -2.34. The van der Waals surface area contributed by atoms with Crippen LogP contribution in [0.1, 0.15) is 12.0 Å². The third-order valence-electron chi connectivity index (χ3n) is 2.94. The van der Waals surface area contributed by atoms with Crippen LogP contribution in [0.3, 0.4) is 0 Å². The van der Waals surface area contributed by atoms with Crippen molar-refractivity contribution in [1.29, 1.82) is 0 Å². The molecule has 92 valence electrons. The van der Waals surface area contributed by atoms with Crippen molar-refractivity contribution in [2.75, 3.05) is 0 Å². The molecule has 1 aliphatic carbocycles. The Kier molecular flexibility index (Phi) is 2.93. The van der Waals surface area contributed by atoms with E-state index in [2.05, 4.69) is 0 Å². The topological polar surface area (TPSA) is 86.3 Å². The molecule has 1 unspecified atom stereocenters. The van der Waals surface area contributed by atoms with E-state index in [9.17, 15) is 20.2 Å². The van der Waals surface area contributed by atoms with E-state index in [1.807, 2.05) is 0 Å². The Balaban J connectivity index is 2.64. The summed E-state index contributed by atoms with van der Waals surface area (Å²) in [4.78, 5) is 21.3. The zero-order valence-electron chi connectivity index (χ0n) is 9.35. The number of hydrogen-bond acceptors (Lipinski definition) is 4. The number of nitrogens with zero attached hydrogens (tertiary/aromatic N) is 2. The summed E-state index contributed by atoms with van der Waals surface area (Å²) in [5.41, 5.74) is -1.66. The van der Waals surface area contributed by atoms with Gasteiger partial charge in [-0.3, -0.25) is 20.2 Å². The highest BCUT2D eigenvalue weighted by molar-refractivity contribution is 5.47. The van der Waals surface area contributed by atoms with Crippen LogP contribution in [0.15, 0.2) is 48.6 Å². The molecule has 0 amide bonds. The number of nitro groups is 2. The van der Waals surface area contributed by atoms with Crippen LogP contribution in [0.2, 0.25) is 0 Å². The SMILES string of the molecule is O=[N+]([O-])c1ccccc1C1([N+](=O)[O-])C=CC=CC1. The Morgan fingerprint density at radius 1 is 1.11 bits per heavy atom. The average Bonchev–Trinajstić information content (AvgIpc) is 2.39. The fourth-order valence-corrected chi connectivity index (χ4v) is 2.04. The zero-order chi connectivity index (χ0) is 13.2. The molecule has 6 nitrogen and oxygen atoms in total. The van der Waals surface area contributed by atoms with Crippen LogP contribution < -0.4 is 0 Å². The van der Waals surface area contributed by atoms with Gasteiger partial charge >= 0.3 is 0 Å². The van der Waals surface area contributed by atoms with Gasteiger partial charge in [0.1, 0.15) is 5.56 Å². The van der Waals surface area contributed by atoms with Gasteiger partial charge in [-0.15, -0.1) is 0 Å².